The van der Waals surface area contributed by atoms with Crippen LogP contribution in [0.4, 0.5) is 77.9 Å². The fourth-order valence-electron chi connectivity index (χ4n) is 1.29. The van der Waals surface area contributed by atoms with Gasteiger partial charge in [0.15, 0.2) is 3.92 Å². The van der Waals surface area contributed by atoms with Crippen LogP contribution in [0.15, 0.2) is 3.92 Å². The van der Waals surface area contributed by atoms with Crippen LogP contribution in [0.1, 0.15) is 10.6 Å². The standard InChI is InChI=1S/C7H9BrN2S.8F2.FH/c1-10-3-2-5-6(4-10)11-7(8)9-5;8*1-2;/h2-4H2,1H3;;;;;;;;;1H. The molecule has 0 saturated heterocycles. The van der Waals surface area contributed by atoms with Crippen LogP contribution >= 0.6 is 27.3 Å². The van der Waals surface area contributed by atoms with Crippen molar-refractivity contribution in [3.63, 3.8) is 0 Å². The smallest absolute Gasteiger partial charge is 0.159 e. The van der Waals surface area contributed by atoms with E-state index in [0.29, 0.717) is 0 Å². The van der Waals surface area contributed by atoms with Crippen LogP contribution in [0.2, 0.25) is 0 Å². The third-order valence-corrected chi connectivity index (χ3v) is 3.43. The first-order chi connectivity index (χ1) is 13.3. The number of fused-ring (bicyclic) bond motifs is 1. The van der Waals surface area contributed by atoms with Crippen molar-refractivity contribution < 1.29 is 77.9 Å². The highest BCUT2D eigenvalue weighted by Gasteiger charge is 2.16. The van der Waals surface area contributed by atoms with Gasteiger partial charge in [-0.05, 0) is 23.0 Å². The zero-order chi connectivity index (χ0) is 23.8. The molecule has 1 aromatic rings. The molecule has 21 heteroatoms. The lowest BCUT2D eigenvalue weighted by Gasteiger charge is -2.20. The van der Waals surface area contributed by atoms with Gasteiger partial charge in [-0.2, -0.15) is 0 Å². The SMILES string of the molecule is CN1CCc2nc(Br)sc2C1.F.FF.FF.FF.FF.FF.FF.FF.FF. The molecule has 28 heavy (non-hydrogen) atoms. The van der Waals surface area contributed by atoms with E-state index in [1.54, 1.807) is 11.3 Å². The van der Waals surface area contributed by atoms with Crippen LogP contribution in [-0.4, -0.2) is 23.5 Å². The van der Waals surface area contributed by atoms with Crippen molar-refractivity contribution in [3.8, 4) is 0 Å². The highest BCUT2D eigenvalue weighted by atomic mass is 79.9. The molecular formula is C7H10BrF17N2S. The molecule has 180 valence electrons. The van der Waals surface area contributed by atoms with Crippen LogP contribution in [0.5, 0.6) is 0 Å². The number of likely N-dealkylation sites (N-methyl/N-ethyl adjacent to an activating group) is 1. The lowest BCUT2D eigenvalue weighted by molar-refractivity contribution is 0.108. The second-order valence-corrected chi connectivity index (χ2v) is 5.18. The molecule has 0 fully saturated rings. The zero-order valence-corrected chi connectivity index (χ0v) is 15.2. The molecule has 0 atom stereocenters. The Morgan fingerprint density at radius 2 is 1.07 bits per heavy atom. The molecule has 0 bridgehead atoms. The van der Waals surface area contributed by atoms with Gasteiger partial charge in [0.25, 0.3) is 0 Å². The average molecular weight is 557 g/mol. The average Bonchev–Trinajstić information content (AvgIpc) is 3.18. The number of nitrogens with zero attached hydrogens (tertiary/aromatic N) is 2. The third-order valence-electron chi connectivity index (χ3n) is 1.90. The Kier molecular flexibility index (Phi) is 115. The molecule has 2 rings (SSSR count). The molecule has 0 amide bonds. The van der Waals surface area contributed by atoms with E-state index < -0.39 is 0 Å². The van der Waals surface area contributed by atoms with Crippen molar-refractivity contribution in [3.05, 3.63) is 14.5 Å². The number of rotatable bonds is 0. The Hall–Kier alpha value is -1.12. The largest absolute Gasteiger partial charge is 0.301 e. The summed E-state index contributed by atoms with van der Waals surface area (Å²) in [6.07, 6.45) is 1.11. The summed E-state index contributed by atoms with van der Waals surface area (Å²) >= 11 is 5.16. The summed E-state index contributed by atoms with van der Waals surface area (Å²) in [7, 11) is 2.15. The highest BCUT2D eigenvalue weighted by molar-refractivity contribution is 9.11. The van der Waals surface area contributed by atoms with Gasteiger partial charge in [-0.1, -0.05) is 0 Å². The molecule has 0 saturated carbocycles. The molecule has 0 N–H and O–H groups in total. The van der Waals surface area contributed by atoms with E-state index in [1.807, 2.05) is 0 Å². The van der Waals surface area contributed by atoms with Crippen molar-refractivity contribution in [2.24, 2.45) is 0 Å². The Morgan fingerprint density at radius 1 is 0.750 bits per heavy atom. The molecule has 0 radical (unpaired) electrons. The Bertz CT molecular complexity index is 298. The molecule has 0 aliphatic carbocycles. The Morgan fingerprint density at radius 3 is 1.39 bits per heavy atom. The fourth-order valence-corrected chi connectivity index (χ4v) is 3.00. The second kappa shape index (κ2) is 63.5. The van der Waals surface area contributed by atoms with Gasteiger partial charge in [0, 0.05) is 97.6 Å². The van der Waals surface area contributed by atoms with Crippen molar-refractivity contribution >= 4 is 27.3 Å². The maximum atomic E-state index is 8.00. The molecule has 2 nitrogen and oxygen atoms in total. The van der Waals surface area contributed by atoms with Gasteiger partial charge in [-0.15, -0.1) is 11.3 Å². The van der Waals surface area contributed by atoms with E-state index in [1.165, 1.54) is 10.6 Å². The lowest BCUT2D eigenvalue weighted by Crippen LogP contribution is -2.25. The molecule has 1 aliphatic heterocycles. The van der Waals surface area contributed by atoms with Crippen molar-refractivity contribution in [1.29, 1.82) is 0 Å². The van der Waals surface area contributed by atoms with E-state index in [2.05, 4.69) is 32.9 Å². The summed E-state index contributed by atoms with van der Waals surface area (Å²) in [5.74, 6) is 0. The maximum Gasteiger partial charge on any atom is 0.159 e. The maximum absolute atomic E-state index is 8.00. The van der Waals surface area contributed by atoms with Gasteiger partial charge >= 0.3 is 0 Å². The first kappa shape index (κ1) is 50.5. The predicted molar refractivity (Wildman–Crippen MR) is 70.1 cm³/mol. The van der Waals surface area contributed by atoms with Crippen molar-refractivity contribution in [1.82, 2.24) is 9.88 Å². The summed E-state index contributed by atoms with van der Waals surface area (Å²) < 4.78 is 129. The zero-order valence-electron chi connectivity index (χ0n) is 12.8. The van der Waals surface area contributed by atoms with E-state index in [-0.39, 0.29) is 4.70 Å². The number of hydrogen-bond acceptors (Lipinski definition) is 3. The summed E-state index contributed by atoms with van der Waals surface area (Å²) in [6.45, 7) is 2.21. The van der Waals surface area contributed by atoms with Gasteiger partial charge in [-0.3, -0.25) is 4.70 Å². The topological polar surface area (TPSA) is 16.1 Å². The number of aromatic nitrogens is 1. The summed E-state index contributed by atoms with van der Waals surface area (Å²) in [4.78, 5) is 8.14. The normalized spacial score (nSPS) is 8.93. The van der Waals surface area contributed by atoms with Crippen LogP contribution in [-0.2, 0) is 13.0 Å². The van der Waals surface area contributed by atoms with Crippen LogP contribution in [0.25, 0.3) is 0 Å². The van der Waals surface area contributed by atoms with Gasteiger partial charge in [0.1, 0.15) is 0 Å². The minimum absolute atomic E-state index is 0. The van der Waals surface area contributed by atoms with Crippen LogP contribution < -0.4 is 0 Å². The van der Waals surface area contributed by atoms with Crippen LogP contribution in [0, 0.1) is 0 Å². The fraction of sp³-hybridized carbons (Fsp3) is 0.571. The Labute approximate surface area is 157 Å². The number of hydrogen-bond donors (Lipinski definition) is 0. The molecule has 2 heterocycles. The summed E-state index contributed by atoms with van der Waals surface area (Å²) in [5, 5.41) is 0. The van der Waals surface area contributed by atoms with Gasteiger partial charge < -0.3 is 4.90 Å². The van der Waals surface area contributed by atoms with Crippen molar-refractivity contribution in [2.45, 2.75) is 13.0 Å². The quantitative estimate of drug-likeness (QED) is 0.297. The summed E-state index contributed by atoms with van der Waals surface area (Å²) in [5.41, 5.74) is 1.29. The molecule has 1 aliphatic rings. The molecule has 0 aromatic carbocycles. The van der Waals surface area contributed by atoms with Gasteiger partial charge in [0.05, 0.1) is 5.69 Å². The third kappa shape index (κ3) is 35.9. The first-order valence-electron chi connectivity index (χ1n) is 4.72. The molecular weight excluding hydrogens is 547 g/mol. The molecule has 0 unspecified atom stereocenters. The molecule has 1 aromatic heterocycles. The van der Waals surface area contributed by atoms with E-state index in [0.717, 1.165) is 23.4 Å². The molecule has 0 spiro atoms. The summed E-state index contributed by atoms with van der Waals surface area (Å²) in [6, 6.07) is 0. The van der Waals surface area contributed by atoms with E-state index in [9.17, 15) is 0 Å². The van der Waals surface area contributed by atoms with Crippen LogP contribution in [0.3, 0.4) is 0 Å². The number of halogens is 18. The van der Waals surface area contributed by atoms with E-state index >= 15 is 0 Å². The minimum Gasteiger partial charge on any atom is -0.301 e. The van der Waals surface area contributed by atoms with E-state index in [4.69, 9.17) is 73.2 Å². The first-order valence-corrected chi connectivity index (χ1v) is 6.33. The number of thiazole rings is 1. The lowest BCUT2D eigenvalue weighted by atomic mass is 10.2. The Balaban J connectivity index is -0.0000000338. The minimum atomic E-state index is 0. The second-order valence-electron chi connectivity index (χ2n) is 2.82. The van der Waals surface area contributed by atoms with Gasteiger partial charge in [0.2, 0.25) is 0 Å². The monoisotopic (exact) mass is 556 g/mol. The predicted octanol–water partition coefficient (Wildman–Crippen LogP) is 8.77. The van der Waals surface area contributed by atoms with Gasteiger partial charge in [-0.25, -0.2) is 4.98 Å². The highest BCUT2D eigenvalue weighted by Crippen LogP contribution is 2.27. The van der Waals surface area contributed by atoms with Crippen molar-refractivity contribution in [2.75, 3.05) is 13.6 Å².